The summed E-state index contributed by atoms with van der Waals surface area (Å²) in [5.74, 6) is 0. The van der Waals surface area contributed by atoms with E-state index in [-0.39, 0.29) is 6.04 Å². The smallest absolute Gasteiger partial charge is 0.0389 e. The minimum Gasteiger partial charge on any atom is -0.330 e. The summed E-state index contributed by atoms with van der Waals surface area (Å²) in [7, 11) is 0. The molecule has 0 fully saturated rings. The molecule has 0 radical (unpaired) electrons. The zero-order valence-corrected chi connectivity index (χ0v) is 8.02. The average molecular weight is 184 g/mol. The number of hydrogen-bond acceptors (Lipinski definition) is 3. The summed E-state index contributed by atoms with van der Waals surface area (Å²) in [6.45, 7) is 0.775. The molecule has 0 amide bonds. The van der Waals surface area contributed by atoms with Crippen LogP contribution in [0.15, 0.2) is 17.5 Å². The number of thiophene rings is 1. The SMILES string of the molecule is NCCCC[C@@H](N)c1cccs1. The Balaban J connectivity index is 2.25. The second-order valence-corrected chi connectivity index (χ2v) is 3.89. The Hall–Kier alpha value is -0.380. The van der Waals surface area contributed by atoms with Crippen LogP contribution in [-0.2, 0) is 0 Å². The molecular formula is C9H16N2S. The summed E-state index contributed by atoms with van der Waals surface area (Å²) in [6.07, 6.45) is 3.27. The van der Waals surface area contributed by atoms with E-state index in [1.165, 1.54) is 4.88 Å². The molecule has 3 heteroatoms. The van der Waals surface area contributed by atoms with Gasteiger partial charge in [0.05, 0.1) is 0 Å². The van der Waals surface area contributed by atoms with Crippen molar-refractivity contribution in [2.45, 2.75) is 25.3 Å². The topological polar surface area (TPSA) is 52.0 Å². The minimum absolute atomic E-state index is 0.219. The van der Waals surface area contributed by atoms with Crippen LogP contribution in [0, 0.1) is 0 Å². The van der Waals surface area contributed by atoms with Crippen molar-refractivity contribution in [1.82, 2.24) is 0 Å². The molecule has 12 heavy (non-hydrogen) atoms. The summed E-state index contributed by atoms with van der Waals surface area (Å²) < 4.78 is 0. The molecule has 0 saturated carbocycles. The fourth-order valence-corrected chi connectivity index (χ4v) is 1.92. The molecule has 0 unspecified atom stereocenters. The van der Waals surface area contributed by atoms with Crippen molar-refractivity contribution >= 4 is 11.3 Å². The second-order valence-electron chi connectivity index (χ2n) is 2.91. The van der Waals surface area contributed by atoms with Gasteiger partial charge in [-0.3, -0.25) is 0 Å². The predicted octanol–water partition coefficient (Wildman–Crippen LogP) is 1.88. The zero-order valence-electron chi connectivity index (χ0n) is 7.20. The van der Waals surface area contributed by atoms with Crippen molar-refractivity contribution < 1.29 is 0 Å². The van der Waals surface area contributed by atoms with Crippen LogP contribution < -0.4 is 11.5 Å². The number of unbranched alkanes of at least 4 members (excludes halogenated alkanes) is 1. The number of rotatable bonds is 5. The van der Waals surface area contributed by atoms with Gasteiger partial charge in [0.15, 0.2) is 0 Å². The lowest BCUT2D eigenvalue weighted by atomic mass is 10.1. The zero-order chi connectivity index (χ0) is 8.81. The molecule has 4 N–H and O–H groups in total. The molecule has 1 heterocycles. The molecule has 0 saturated heterocycles. The normalized spacial score (nSPS) is 13.2. The highest BCUT2D eigenvalue weighted by Gasteiger charge is 2.05. The molecule has 68 valence electrons. The largest absolute Gasteiger partial charge is 0.330 e. The second kappa shape index (κ2) is 5.30. The summed E-state index contributed by atoms with van der Waals surface area (Å²) in [4.78, 5) is 1.28. The van der Waals surface area contributed by atoms with E-state index in [0.717, 1.165) is 25.8 Å². The van der Waals surface area contributed by atoms with Gasteiger partial charge in [-0.05, 0) is 30.8 Å². The van der Waals surface area contributed by atoms with Gasteiger partial charge < -0.3 is 11.5 Å². The van der Waals surface area contributed by atoms with Crippen LogP contribution in [0.3, 0.4) is 0 Å². The van der Waals surface area contributed by atoms with Gasteiger partial charge in [-0.2, -0.15) is 0 Å². The van der Waals surface area contributed by atoms with E-state index in [0.29, 0.717) is 0 Å². The fourth-order valence-electron chi connectivity index (χ4n) is 1.15. The Morgan fingerprint density at radius 2 is 2.25 bits per heavy atom. The molecule has 0 aliphatic heterocycles. The van der Waals surface area contributed by atoms with Gasteiger partial charge in [-0.25, -0.2) is 0 Å². The van der Waals surface area contributed by atoms with Gasteiger partial charge in [0.25, 0.3) is 0 Å². The van der Waals surface area contributed by atoms with E-state index in [4.69, 9.17) is 11.5 Å². The van der Waals surface area contributed by atoms with E-state index in [9.17, 15) is 0 Å². The van der Waals surface area contributed by atoms with Crippen molar-refractivity contribution in [1.29, 1.82) is 0 Å². The molecular weight excluding hydrogens is 168 g/mol. The predicted molar refractivity (Wildman–Crippen MR) is 54.2 cm³/mol. The first-order valence-electron chi connectivity index (χ1n) is 4.33. The molecule has 1 atom stereocenters. The van der Waals surface area contributed by atoms with Gasteiger partial charge in [0.2, 0.25) is 0 Å². The lowest BCUT2D eigenvalue weighted by Crippen LogP contribution is -2.09. The Bertz CT molecular complexity index is 196. The highest BCUT2D eigenvalue weighted by atomic mass is 32.1. The van der Waals surface area contributed by atoms with E-state index >= 15 is 0 Å². The molecule has 0 aliphatic rings. The third-order valence-corrected chi connectivity index (χ3v) is 2.88. The fraction of sp³-hybridized carbons (Fsp3) is 0.556. The first kappa shape index (κ1) is 9.71. The van der Waals surface area contributed by atoms with Crippen LogP contribution in [0.4, 0.5) is 0 Å². The molecule has 0 bridgehead atoms. The lowest BCUT2D eigenvalue weighted by molar-refractivity contribution is 0.598. The highest BCUT2D eigenvalue weighted by Crippen LogP contribution is 2.20. The Kier molecular flexibility index (Phi) is 4.29. The summed E-state index contributed by atoms with van der Waals surface area (Å²) in [5, 5.41) is 2.07. The lowest BCUT2D eigenvalue weighted by Gasteiger charge is -2.07. The van der Waals surface area contributed by atoms with Gasteiger partial charge >= 0.3 is 0 Å². The summed E-state index contributed by atoms with van der Waals surface area (Å²) in [5.41, 5.74) is 11.3. The van der Waals surface area contributed by atoms with Gasteiger partial charge in [-0.15, -0.1) is 11.3 Å². The molecule has 0 aliphatic carbocycles. The highest BCUT2D eigenvalue weighted by molar-refractivity contribution is 7.10. The van der Waals surface area contributed by atoms with Crippen LogP contribution in [0.5, 0.6) is 0 Å². The quantitative estimate of drug-likeness (QED) is 0.686. The molecule has 1 aromatic heterocycles. The van der Waals surface area contributed by atoms with Gasteiger partial charge in [0, 0.05) is 10.9 Å². The summed E-state index contributed by atoms with van der Waals surface area (Å²) in [6, 6.07) is 4.36. The molecule has 0 spiro atoms. The van der Waals surface area contributed by atoms with Crippen molar-refractivity contribution in [3.63, 3.8) is 0 Å². The monoisotopic (exact) mass is 184 g/mol. The van der Waals surface area contributed by atoms with Crippen molar-refractivity contribution in [2.75, 3.05) is 6.54 Å². The van der Waals surface area contributed by atoms with Gasteiger partial charge in [-0.1, -0.05) is 12.5 Å². The Morgan fingerprint density at radius 3 is 2.83 bits per heavy atom. The maximum absolute atomic E-state index is 5.95. The van der Waals surface area contributed by atoms with Crippen LogP contribution in [0.2, 0.25) is 0 Å². The van der Waals surface area contributed by atoms with E-state index < -0.39 is 0 Å². The first-order valence-corrected chi connectivity index (χ1v) is 5.21. The molecule has 1 aromatic rings. The average Bonchev–Trinajstić information content (AvgIpc) is 2.56. The third kappa shape index (κ3) is 2.93. The van der Waals surface area contributed by atoms with E-state index in [1.807, 2.05) is 6.07 Å². The van der Waals surface area contributed by atoms with Crippen LogP contribution in [0.25, 0.3) is 0 Å². The number of nitrogens with two attached hydrogens (primary N) is 2. The molecule has 2 nitrogen and oxygen atoms in total. The maximum Gasteiger partial charge on any atom is 0.0389 e. The third-order valence-electron chi connectivity index (χ3n) is 1.88. The van der Waals surface area contributed by atoms with Crippen LogP contribution in [0.1, 0.15) is 30.2 Å². The van der Waals surface area contributed by atoms with Crippen LogP contribution >= 0.6 is 11.3 Å². The van der Waals surface area contributed by atoms with Crippen molar-refractivity contribution in [3.05, 3.63) is 22.4 Å². The van der Waals surface area contributed by atoms with Gasteiger partial charge in [0.1, 0.15) is 0 Å². The van der Waals surface area contributed by atoms with Crippen molar-refractivity contribution in [3.8, 4) is 0 Å². The number of hydrogen-bond donors (Lipinski definition) is 2. The summed E-state index contributed by atoms with van der Waals surface area (Å²) >= 11 is 1.73. The van der Waals surface area contributed by atoms with E-state index in [2.05, 4.69) is 11.4 Å². The first-order chi connectivity index (χ1) is 5.84. The minimum atomic E-state index is 0.219. The van der Waals surface area contributed by atoms with E-state index in [1.54, 1.807) is 11.3 Å². The van der Waals surface area contributed by atoms with Crippen LogP contribution in [-0.4, -0.2) is 6.54 Å². The maximum atomic E-state index is 5.95. The standard InChI is InChI=1S/C9H16N2S/c10-6-2-1-4-8(11)9-5-3-7-12-9/h3,5,7-8H,1-2,4,6,10-11H2/t8-/m1/s1. The Labute approximate surface area is 77.6 Å². The Morgan fingerprint density at radius 1 is 1.42 bits per heavy atom. The van der Waals surface area contributed by atoms with Crippen molar-refractivity contribution in [2.24, 2.45) is 11.5 Å². The molecule has 1 rings (SSSR count). The molecule has 0 aromatic carbocycles.